The number of nitro groups is 1. The monoisotopic (exact) mass is 213 g/mol. The van der Waals surface area contributed by atoms with Crippen molar-refractivity contribution in [3.63, 3.8) is 0 Å². The molecule has 1 rings (SSSR count). The minimum atomic E-state index is -0.285. The predicted octanol–water partition coefficient (Wildman–Crippen LogP) is 2.29. The molecule has 2 atom stereocenters. The zero-order valence-electron chi connectivity index (χ0n) is 9.44. The third kappa shape index (κ3) is 3.29. The van der Waals surface area contributed by atoms with Crippen molar-refractivity contribution in [2.75, 3.05) is 6.54 Å². The molecule has 0 N–H and O–H groups in total. The van der Waals surface area contributed by atoms with Gasteiger partial charge in [0.25, 0.3) is 0 Å². The van der Waals surface area contributed by atoms with Gasteiger partial charge < -0.3 is 0 Å². The predicted molar refractivity (Wildman–Crippen MR) is 57.2 cm³/mol. The fourth-order valence-corrected chi connectivity index (χ4v) is 2.44. The van der Waals surface area contributed by atoms with E-state index in [0.717, 1.165) is 19.3 Å². The van der Waals surface area contributed by atoms with Gasteiger partial charge in [0.2, 0.25) is 6.54 Å². The van der Waals surface area contributed by atoms with Gasteiger partial charge in [0.05, 0.1) is 0 Å². The highest BCUT2D eigenvalue weighted by atomic mass is 16.6. The first kappa shape index (κ1) is 12.1. The van der Waals surface area contributed by atoms with E-state index in [9.17, 15) is 14.9 Å². The van der Waals surface area contributed by atoms with E-state index >= 15 is 0 Å². The number of carbonyl (C=O) groups is 1. The van der Waals surface area contributed by atoms with Gasteiger partial charge in [-0.15, -0.1) is 0 Å². The Bertz CT molecular complexity index is 250. The second-order valence-electron chi connectivity index (χ2n) is 4.74. The topological polar surface area (TPSA) is 60.2 Å². The Labute approximate surface area is 90.2 Å². The van der Waals surface area contributed by atoms with Crippen LogP contribution in [0.5, 0.6) is 0 Å². The van der Waals surface area contributed by atoms with Crippen LogP contribution in [0.1, 0.15) is 39.5 Å². The molecule has 1 aliphatic carbocycles. The van der Waals surface area contributed by atoms with Crippen LogP contribution in [0.4, 0.5) is 0 Å². The molecule has 0 heterocycles. The van der Waals surface area contributed by atoms with Crippen LogP contribution in [0.3, 0.4) is 0 Å². The molecule has 0 aromatic rings. The van der Waals surface area contributed by atoms with Gasteiger partial charge in [-0.1, -0.05) is 20.3 Å². The molecule has 15 heavy (non-hydrogen) atoms. The van der Waals surface area contributed by atoms with Crippen LogP contribution in [-0.4, -0.2) is 17.3 Å². The van der Waals surface area contributed by atoms with Gasteiger partial charge in [0, 0.05) is 23.2 Å². The van der Waals surface area contributed by atoms with Crippen LogP contribution in [0.25, 0.3) is 0 Å². The number of Topliss-reactive ketones (excluding diaryl/α,β-unsaturated/α-hetero) is 1. The van der Waals surface area contributed by atoms with Crippen molar-refractivity contribution >= 4 is 5.78 Å². The molecular formula is C11H19NO3. The lowest BCUT2D eigenvalue weighted by molar-refractivity contribution is -0.491. The SMILES string of the molecule is CC(C)[C@H](C[N+](=O)[O-])[C@@H]1CCCCC1=O. The summed E-state index contributed by atoms with van der Waals surface area (Å²) in [5, 5.41) is 10.6. The summed E-state index contributed by atoms with van der Waals surface area (Å²) in [5.74, 6) is 0.307. The number of ketones is 1. The summed E-state index contributed by atoms with van der Waals surface area (Å²) in [6.45, 7) is 3.88. The quantitative estimate of drug-likeness (QED) is 0.531. The van der Waals surface area contributed by atoms with Crippen molar-refractivity contribution in [1.29, 1.82) is 0 Å². The summed E-state index contributed by atoms with van der Waals surface area (Å²) in [4.78, 5) is 22.0. The molecule has 4 heteroatoms. The van der Waals surface area contributed by atoms with Gasteiger partial charge in [-0.05, 0) is 18.8 Å². The van der Waals surface area contributed by atoms with Crippen LogP contribution in [0.15, 0.2) is 0 Å². The lowest BCUT2D eigenvalue weighted by atomic mass is 9.74. The molecule has 0 aromatic heterocycles. The van der Waals surface area contributed by atoms with E-state index in [-0.39, 0.29) is 35.0 Å². The molecular weight excluding hydrogens is 194 g/mol. The highest BCUT2D eigenvalue weighted by Crippen LogP contribution is 2.31. The second-order valence-corrected chi connectivity index (χ2v) is 4.74. The smallest absolute Gasteiger partial charge is 0.207 e. The molecule has 0 aliphatic heterocycles. The van der Waals surface area contributed by atoms with Crippen LogP contribution in [0, 0.1) is 27.9 Å². The van der Waals surface area contributed by atoms with Gasteiger partial charge in [-0.25, -0.2) is 0 Å². The standard InChI is InChI=1S/C11H19NO3/c1-8(2)10(7-12(14)15)9-5-3-4-6-11(9)13/h8-10H,3-7H2,1-2H3/t9-,10-/m0/s1. The lowest BCUT2D eigenvalue weighted by Crippen LogP contribution is -2.34. The van der Waals surface area contributed by atoms with Crippen molar-refractivity contribution in [3.05, 3.63) is 10.1 Å². The van der Waals surface area contributed by atoms with E-state index in [1.165, 1.54) is 0 Å². The average Bonchev–Trinajstić information content (AvgIpc) is 2.15. The second kappa shape index (κ2) is 5.24. The number of hydrogen-bond donors (Lipinski definition) is 0. The minimum absolute atomic E-state index is 0.0614. The Morgan fingerprint density at radius 2 is 2.13 bits per heavy atom. The zero-order chi connectivity index (χ0) is 11.4. The van der Waals surface area contributed by atoms with E-state index < -0.39 is 0 Å². The summed E-state index contributed by atoms with van der Waals surface area (Å²) >= 11 is 0. The number of hydrogen-bond acceptors (Lipinski definition) is 3. The average molecular weight is 213 g/mol. The largest absolute Gasteiger partial charge is 0.299 e. The first-order valence-corrected chi connectivity index (χ1v) is 5.67. The van der Waals surface area contributed by atoms with Gasteiger partial charge in [0.15, 0.2) is 0 Å². The van der Waals surface area contributed by atoms with Gasteiger partial charge in [0.1, 0.15) is 5.78 Å². The molecule has 1 fully saturated rings. The summed E-state index contributed by atoms with van der Waals surface area (Å²) in [7, 11) is 0. The molecule has 4 nitrogen and oxygen atoms in total. The summed E-state index contributed by atoms with van der Waals surface area (Å²) in [5.41, 5.74) is 0. The third-order valence-electron chi connectivity index (χ3n) is 3.33. The lowest BCUT2D eigenvalue weighted by Gasteiger charge is -2.29. The van der Waals surface area contributed by atoms with Crippen molar-refractivity contribution in [2.24, 2.45) is 17.8 Å². The van der Waals surface area contributed by atoms with Crippen LogP contribution < -0.4 is 0 Å². The Balaban J connectivity index is 2.68. The maximum absolute atomic E-state index is 11.7. The van der Waals surface area contributed by atoms with Crippen molar-refractivity contribution in [3.8, 4) is 0 Å². The Hall–Kier alpha value is -0.930. The highest BCUT2D eigenvalue weighted by molar-refractivity contribution is 5.81. The molecule has 1 saturated carbocycles. The van der Waals surface area contributed by atoms with Crippen LogP contribution >= 0.6 is 0 Å². The maximum Gasteiger partial charge on any atom is 0.207 e. The fourth-order valence-electron chi connectivity index (χ4n) is 2.44. The Morgan fingerprint density at radius 1 is 1.47 bits per heavy atom. The normalized spacial score (nSPS) is 24.2. The summed E-state index contributed by atoms with van der Waals surface area (Å²) in [6, 6.07) is 0. The first-order chi connectivity index (χ1) is 7.02. The number of carbonyl (C=O) groups excluding carboxylic acids is 1. The van der Waals surface area contributed by atoms with Gasteiger partial charge >= 0.3 is 0 Å². The highest BCUT2D eigenvalue weighted by Gasteiger charge is 2.34. The van der Waals surface area contributed by atoms with Crippen molar-refractivity contribution < 1.29 is 9.72 Å². The van der Waals surface area contributed by atoms with E-state index in [1.54, 1.807) is 0 Å². The molecule has 0 unspecified atom stereocenters. The summed E-state index contributed by atoms with van der Waals surface area (Å²) in [6.07, 6.45) is 3.46. The van der Waals surface area contributed by atoms with E-state index in [1.807, 2.05) is 13.8 Å². The van der Waals surface area contributed by atoms with Crippen molar-refractivity contribution in [2.45, 2.75) is 39.5 Å². The van der Waals surface area contributed by atoms with E-state index in [2.05, 4.69) is 0 Å². The maximum atomic E-state index is 11.7. The number of rotatable bonds is 4. The molecule has 0 saturated heterocycles. The molecule has 1 aliphatic rings. The Kier molecular flexibility index (Phi) is 4.24. The Morgan fingerprint density at radius 3 is 2.60 bits per heavy atom. The first-order valence-electron chi connectivity index (χ1n) is 5.67. The third-order valence-corrected chi connectivity index (χ3v) is 3.33. The zero-order valence-corrected chi connectivity index (χ0v) is 9.44. The minimum Gasteiger partial charge on any atom is -0.299 e. The molecule has 0 bridgehead atoms. The van der Waals surface area contributed by atoms with Crippen molar-refractivity contribution in [1.82, 2.24) is 0 Å². The summed E-state index contributed by atoms with van der Waals surface area (Å²) < 4.78 is 0. The van der Waals surface area contributed by atoms with Gasteiger partial charge in [-0.2, -0.15) is 0 Å². The van der Waals surface area contributed by atoms with E-state index in [0.29, 0.717) is 6.42 Å². The van der Waals surface area contributed by atoms with Crippen LogP contribution in [-0.2, 0) is 4.79 Å². The molecule has 86 valence electrons. The molecule has 0 aromatic carbocycles. The molecule has 0 spiro atoms. The molecule has 0 radical (unpaired) electrons. The number of nitrogens with zero attached hydrogens (tertiary/aromatic N) is 1. The van der Waals surface area contributed by atoms with E-state index in [4.69, 9.17) is 0 Å². The van der Waals surface area contributed by atoms with Crippen LogP contribution in [0.2, 0.25) is 0 Å². The molecule has 0 amide bonds. The van der Waals surface area contributed by atoms with Gasteiger partial charge in [-0.3, -0.25) is 14.9 Å². The fraction of sp³-hybridized carbons (Fsp3) is 0.909.